The van der Waals surface area contributed by atoms with Crippen molar-refractivity contribution in [1.29, 1.82) is 0 Å². The van der Waals surface area contributed by atoms with E-state index in [1.807, 2.05) is 0 Å². The maximum Gasteiger partial charge on any atom is 0.341 e. The van der Waals surface area contributed by atoms with Gasteiger partial charge in [0, 0.05) is 4.88 Å². The molecule has 0 fully saturated rings. The Morgan fingerprint density at radius 2 is 2.11 bits per heavy atom. The number of hydrogen-bond donors (Lipinski definition) is 2. The van der Waals surface area contributed by atoms with Crippen molar-refractivity contribution < 1.29 is 19.1 Å². The van der Waals surface area contributed by atoms with E-state index < -0.39 is 17.8 Å². The third-order valence-corrected chi connectivity index (χ3v) is 4.06. The first kappa shape index (κ1) is 13.5. The number of thiophene rings is 1. The first-order valence-electron chi connectivity index (χ1n) is 5.97. The summed E-state index contributed by atoms with van der Waals surface area (Å²) >= 11 is 1.31. The lowest BCUT2D eigenvalue weighted by Crippen LogP contribution is -2.29. The van der Waals surface area contributed by atoms with Gasteiger partial charge in [0.25, 0.3) is 0 Å². The second-order valence-electron chi connectivity index (χ2n) is 4.10. The quantitative estimate of drug-likeness (QED) is 0.634. The normalized spacial score (nSPS) is 12.9. The molecular weight excluding hydrogens is 268 g/mol. The minimum atomic E-state index is -1.08. The van der Waals surface area contributed by atoms with E-state index in [0.717, 1.165) is 29.7 Å². The van der Waals surface area contributed by atoms with Crippen LogP contribution in [-0.2, 0) is 27.2 Å². The third-order valence-electron chi connectivity index (χ3n) is 2.85. The Balaban J connectivity index is 2.35. The molecule has 1 aliphatic carbocycles. The molecule has 0 bridgehead atoms. The Morgan fingerprint density at radius 3 is 2.74 bits per heavy atom. The highest BCUT2D eigenvalue weighted by Gasteiger charge is 2.28. The molecular formula is C12H14N2O4S. The van der Waals surface area contributed by atoms with Gasteiger partial charge in [-0.05, 0) is 31.7 Å². The number of ether oxygens (including phenoxy) is 1. The molecule has 0 saturated heterocycles. The van der Waals surface area contributed by atoms with Crippen LogP contribution in [0.3, 0.4) is 0 Å². The molecule has 19 heavy (non-hydrogen) atoms. The van der Waals surface area contributed by atoms with Gasteiger partial charge in [-0.3, -0.25) is 9.59 Å². The van der Waals surface area contributed by atoms with Crippen LogP contribution >= 0.6 is 11.3 Å². The van der Waals surface area contributed by atoms with Crippen LogP contribution in [0.5, 0.6) is 0 Å². The molecule has 0 saturated carbocycles. The van der Waals surface area contributed by atoms with Gasteiger partial charge >= 0.3 is 17.8 Å². The number of aryl methyl sites for hydroxylation is 1. The van der Waals surface area contributed by atoms with Crippen molar-refractivity contribution in [1.82, 2.24) is 0 Å². The van der Waals surface area contributed by atoms with Crippen LogP contribution in [0, 0.1) is 0 Å². The number of rotatable bonds is 3. The maximum atomic E-state index is 12.0. The standard InChI is InChI=1S/C12H14N2O4S/c1-2-18-12(17)8-6-4-3-5-7(6)19-11(8)14-10(16)9(13)15/h2-5H2,1H3,(H2,13,15)(H,14,16). The number of nitrogens with one attached hydrogen (secondary N) is 1. The van der Waals surface area contributed by atoms with Crippen LogP contribution in [-0.4, -0.2) is 24.4 Å². The molecule has 2 amide bonds. The molecule has 2 rings (SSSR count). The number of anilines is 1. The molecule has 1 aromatic rings. The Kier molecular flexibility index (Phi) is 3.84. The summed E-state index contributed by atoms with van der Waals surface area (Å²) in [6.07, 6.45) is 2.64. The van der Waals surface area contributed by atoms with Crippen molar-refractivity contribution in [3.8, 4) is 0 Å². The van der Waals surface area contributed by atoms with Gasteiger partial charge in [0.2, 0.25) is 0 Å². The lowest BCUT2D eigenvalue weighted by Gasteiger charge is -2.06. The van der Waals surface area contributed by atoms with Crippen LogP contribution in [0.15, 0.2) is 0 Å². The fourth-order valence-electron chi connectivity index (χ4n) is 2.08. The Labute approximate surface area is 113 Å². The first-order chi connectivity index (χ1) is 9.04. The summed E-state index contributed by atoms with van der Waals surface area (Å²) in [5.41, 5.74) is 6.19. The van der Waals surface area contributed by atoms with Gasteiger partial charge in [0.15, 0.2) is 0 Å². The Bertz CT molecular complexity index is 550. The number of esters is 1. The molecule has 6 nitrogen and oxygen atoms in total. The van der Waals surface area contributed by atoms with E-state index in [9.17, 15) is 14.4 Å². The predicted molar refractivity (Wildman–Crippen MR) is 70.1 cm³/mol. The number of primary amides is 1. The fourth-order valence-corrected chi connectivity index (χ4v) is 3.35. The van der Waals surface area contributed by atoms with Crippen LogP contribution in [0.1, 0.15) is 34.1 Å². The van der Waals surface area contributed by atoms with Crippen molar-refractivity contribution in [3.63, 3.8) is 0 Å². The second-order valence-corrected chi connectivity index (χ2v) is 5.21. The topological polar surface area (TPSA) is 98.5 Å². The number of carbonyl (C=O) groups is 3. The summed E-state index contributed by atoms with van der Waals surface area (Å²) in [5, 5.41) is 2.74. The van der Waals surface area contributed by atoms with Crippen LogP contribution < -0.4 is 11.1 Å². The molecule has 3 N–H and O–H groups in total. The minimum absolute atomic E-state index is 0.257. The smallest absolute Gasteiger partial charge is 0.341 e. The second kappa shape index (κ2) is 5.40. The van der Waals surface area contributed by atoms with Crippen molar-refractivity contribution >= 4 is 34.1 Å². The summed E-state index contributed by atoms with van der Waals surface area (Å²) < 4.78 is 4.99. The van der Waals surface area contributed by atoms with E-state index in [0.29, 0.717) is 10.6 Å². The van der Waals surface area contributed by atoms with Gasteiger partial charge in [-0.25, -0.2) is 4.79 Å². The van der Waals surface area contributed by atoms with E-state index in [1.54, 1.807) is 6.92 Å². The molecule has 1 aliphatic rings. The van der Waals surface area contributed by atoms with Gasteiger partial charge in [-0.15, -0.1) is 11.3 Å². The number of amides is 2. The SMILES string of the molecule is CCOC(=O)c1c(NC(=O)C(N)=O)sc2c1CCC2. The lowest BCUT2D eigenvalue weighted by atomic mass is 10.1. The van der Waals surface area contributed by atoms with Crippen LogP contribution in [0.4, 0.5) is 5.00 Å². The van der Waals surface area contributed by atoms with Crippen molar-refractivity contribution in [2.75, 3.05) is 11.9 Å². The molecule has 0 aromatic carbocycles. The van der Waals surface area contributed by atoms with E-state index in [-0.39, 0.29) is 6.61 Å². The van der Waals surface area contributed by atoms with E-state index in [1.165, 1.54) is 11.3 Å². The average Bonchev–Trinajstić information content (AvgIpc) is 2.88. The van der Waals surface area contributed by atoms with Gasteiger partial charge in [0.1, 0.15) is 5.00 Å². The Morgan fingerprint density at radius 1 is 1.37 bits per heavy atom. The number of carbonyl (C=O) groups excluding carboxylic acids is 3. The summed E-state index contributed by atoms with van der Waals surface area (Å²) in [5.74, 6) is -2.48. The first-order valence-corrected chi connectivity index (χ1v) is 6.78. The molecule has 0 spiro atoms. The van der Waals surface area contributed by atoms with Gasteiger partial charge < -0.3 is 15.8 Å². The summed E-state index contributed by atoms with van der Waals surface area (Å²) in [6, 6.07) is 0. The van der Waals surface area contributed by atoms with E-state index in [2.05, 4.69) is 5.32 Å². The monoisotopic (exact) mass is 282 g/mol. The van der Waals surface area contributed by atoms with E-state index >= 15 is 0 Å². The zero-order chi connectivity index (χ0) is 14.0. The highest BCUT2D eigenvalue weighted by molar-refractivity contribution is 7.17. The number of hydrogen-bond acceptors (Lipinski definition) is 5. The molecule has 0 atom stereocenters. The molecule has 0 radical (unpaired) electrons. The molecule has 7 heteroatoms. The average molecular weight is 282 g/mol. The summed E-state index contributed by atoms with van der Waals surface area (Å²) in [7, 11) is 0. The Hall–Kier alpha value is -1.89. The fraction of sp³-hybridized carbons (Fsp3) is 0.417. The number of nitrogens with two attached hydrogens (primary N) is 1. The molecule has 1 heterocycles. The number of fused-ring (bicyclic) bond motifs is 1. The molecule has 0 unspecified atom stereocenters. The summed E-state index contributed by atoms with van der Waals surface area (Å²) in [6.45, 7) is 1.97. The zero-order valence-corrected chi connectivity index (χ0v) is 11.3. The van der Waals surface area contributed by atoms with Gasteiger partial charge in [-0.1, -0.05) is 0 Å². The van der Waals surface area contributed by atoms with Crippen molar-refractivity contribution in [3.05, 3.63) is 16.0 Å². The molecule has 102 valence electrons. The zero-order valence-electron chi connectivity index (χ0n) is 10.4. The van der Waals surface area contributed by atoms with Crippen molar-refractivity contribution in [2.45, 2.75) is 26.2 Å². The largest absolute Gasteiger partial charge is 0.462 e. The molecule has 1 aromatic heterocycles. The van der Waals surface area contributed by atoms with Crippen LogP contribution in [0.2, 0.25) is 0 Å². The van der Waals surface area contributed by atoms with Crippen LogP contribution in [0.25, 0.3) is 0 Å². The highest BCUT2D eigenvalue weighted by Crippen LogP contribution is 2.39. The maximum absolute atomic E-state index is 12.0. The third kappa shape index (κ3) is 2.60. The van der Waals surface area contributed by atoms with Crippen molar-refractivity contribution in [2.24, 2.45) is 5.73 Å². The minimum Gasteiger partial charge on any atom is -0.462 e. The van der Waals surface area contributed by atoms with E-state index in [4.69, 9.17) is 10.5 Å². The summed E-state index contributed by atoms with van der Waals surface area (Å²) in [4.78, 5) is 35.1. The molecule has 0 aliphatic heterocycles. The lowest BCUT2D eigenvalue weighted by molar-refractivity contribution is -0.134. The predicted octanol–water partition coefficient (Wildman–Crippen LogP) is 0.837. The van der Waals surface area contributed by atoms with Gasteiger partial charge in [0.05, 0.1) is 12.2 Å². The highest BCUT2D eigenvalue weighted by atomic mass is 32.1. The van der Waals surface area contributed by atoms with Gasteiger partial charge in [-0.2, -0.15) is 0 Å².